The topological polar surface area (TPSA) is 87.7 Å². The van der Waals surface area contributed by atoms with Gasteiger partial charge in [0.15, 0.2) is 0 Å². The zero-order valence-electron chi connectivity index (χ0n) is 15.7. The summed E-state index contributed by atoms with van der Waals surface area (Å²) in [5.41, 5.74) is -0.526. The standard InChI is InChI=1S/C18H34N2O4/c1-12(11-21)13(2)19-16(22)10-14-8-6-7-9-15(14)20-17(23)24-18(3,4)5/h12-15,21H,6-11H2,1-5H3,(H,19,22)(H,20,23)/t12-,13+,14-,15-/m1/s1. The number of aliphatic hydroxyl groups excluding tert-OH is 1. The zero-order valence-corrected chi connectivity index (χ0v) is 15.7. The monoisotopic (exact) mass is 342 g/mol. The summed E-state index contributed by atoms with van der Waals surface area (Å²) < 4.78 is 5.33. The summed E-state index contributed by atoms with van der Waals surface area (Å²) in [5, 5.41) is 15.0. The van der Waals surface area contributed by atoms with E-state index in [9.17, 15) is 9.59 Å². The maximum absolute atomic E-state index is 12.3. The average molecular weight is 342 g/mol. The van der Waals surface area contributed by atoms with E-state index in [2.05, 4.69) is 10.6 Å². The van der Waals surface area contributed by atoms with Crippen molar-refractivity contribution in [1.29, 1.82) is 0 Å². The molecular weight excluding hydrogens is 308 g/mol. The lowest BCUT2D eigenvalue weighted by Crippen LogP contribution is -2.46. The molecule has 0 heterocycles. The number of hydrogen-bond acceptors (Lipinski definition) is 4. The largest absolute Gasteiger partial charge is 0.444 e. The lowest BCUT2D eigenvalue weighted by atomic mass is 9.82. The van der Waals surface area contributed by atoms with E-state index in [1.807, 2.05) is 34.6 Å². The van der Waals surface area contributed by atoms with Gasteiger partial charge in [0.25, 0.3) is 0 Å². The molecule has 1 aliphatic rings. The van der Waals surface area contributed by atoms with E-state index in [1.54, 1.807) is 0 Å². The molecule has 24 heavy (non-hydrogen) atoms. The van der Waals surface area contributed by atoms with Crippen LogP contribution in [0.3, 0.4) is 0 Å². The third kappa shape index (κ3) is 7.51. The Kier molecular flexibility index (Phi) is 8.00. The van der Waals surface area contributed by atoms with Crippen molar-refractivity contribution in [3.63, 3.8) is 0 Å². The quantitative estimate of drug-likeness (QED) is 0.692. The fourth-order valence-corrected chi connectivity index (χ4v) is 2.95. The number of alkyl carbamates (subject to hydrolysis) is 1. The van der Waals surface area contributed by atoms with Crippen molar-refractivity contribution in [3.05, 3.63) is 0 Å². The second kappa shape index (κ2) is 9.25. The van der Waals surface area contributed by atoms with Gasteiger partial charge in [-0.1, -0.05) is 19.8 Å². The third-order valence-electron chi connectivity index (χ3n) is 4.59. The summed E-state index contributed by atoms with van der Waals surface area (Å²) in [7, 11) is 0. The van der Waals surface area contributed by atoms with Gasteiger partial charge in [-0.15, -0.1) is 0 Å². The number of amides is 2. The van der Waals surface area contributed by atoms with Gasteiger partial charge in [0, 0.05) is 25.1 Å². The molecule has 4 atom stereocenters. The van der Waals surface area contributed by atoms with Crippen molar-refractivity contribution >= 4 is 12.0 Å². The van der Waals surface area contributed by atoms with Crippen molar-refractivity contribution in [2.75, 3.05) is 6.61 Å². The van der Waals surface area contributed by atoms with E-state index in [0.29, 0.717) is 6.42 Å². The van der Waals surface area contributed by atoms with Crippen LogP contribution in [0, 0.1) is 11.8 Å². The lowest BCUT2D eigenvalue weighted by molar-refractivity contribution is -0.123. The zero-order chi connectivity index (χ0) is 18.3. The molecule has 1 saturated carbocycles. The lowest BCUT2D eigenvalue weighted by Gasteiger charge is -2.33. The van der Waals surface area contributed by atoms with E-state index in [1.165, 1.54) is 0 Å². The molecule has 0 saturated heterocycles. The molecule has 1 aliphatic carbocycles. The number of ether oxygens (including phenoxy) is 1. The van der Waals surface area contributed by atoms with Crippen LogP contribution in [0.25, 0.3) is 0 Å². The summed E-state index contributed by atoms with van der Waals surface area (Å²) in [5.74, 6) is 0.129. The van der Waals surface area contributed by atoms with Crippen LogP contribution in [0.1, 0.15) is 66.7 Å². The Morgan fingerprint density at radius 1 is 1.21 bits per heavy atom. The van der Waals surface area contributed by atoms with E-state index in [4.69, 9.17) is 9.84 Å². The Bertz CT molecular complexity index is 420. The normalized spacial score (nSPS) is 23.9. The molecule has 1 rings (SSSR count). The number of carbonyl (C=O) groups is 2. The second-order valence-corrected chi connectivity index (χ2v) is 8.02. The predicted octanol–water partition coefficient (Wildman–Crippen LogP) is 2.59. The van der Waals surface area contributed by atoms with Gasteiger partial charge in [0.1, 0.15) is 5.60 Å². The Labute approximate surface area is 145 Å². The first-order valence-electron chi connectivity index (χ1n) is 9.02. The van der Waals surface area contributed by atoms with Gasteiger partial charge in [-0.2, -0.15) is 0 Å². The van der Waals surface area contributed by atoms with E-state index in [-0.39, 0.29) is 36.4 Å². The van der Waals surface area contributed by atoms with E-state index in [0.717, 1.165) is 25.7 Å². The van der Waals surface area contributed by atoms with Gasteiger partial charge >= 0.3 is 6.09 Å². The van der Waals surface area contributed by atoms with Gasteiger partial charge in [-0.3, -0.25) is 4.79 Å². The smallest absolute Gasteiger partial charge is 0.407 e. The molecule has 1 fully saturated rings. The van der Waals surface area contributed by atoms with Gasteiger partial charge in [-0.25, -0.2) is 4.79 Å². The van der Waals surface area contributed by atoms with Crippen molar-refractivity contribution in [2.45, 2.75) is 84.4 Å². The van der Waals surface area contributed by atoms with E-state index >= 15 is 0 Å². The highest BCUT2D eigenvalue weighted by Gasteiger charge is 2.30. The molecule has 3 N–H and O–H groups in total. The van der Waals surface area contributed by atoms with Crippen LogP contribution in [0.5, 0.6) is 0 Å². The first-order valence-corrected chi connectivity index (χ1v) is 9.02. The van der Waals surface area contributed by atoms with E-state index < -0.39 is 11.7 Å². The van der Waals surface area contributed by atoms with Gasteiger partial charge in [0.05, 0.1) is 0 Å². The van der Waals surface area contributed by atoms with Crippen molar-refractivity contribution in [2.24, 2.45) is 11.8 Å². The van der Waals surface area contributed by atoms with Gasteiger partial charge in [0.2, 0.25) is 5.91 Å². The SMILES string of the molecule is C[C@H](CO)[C@H](C)NC(=O)C[C@H]1CCCC[C@H]1NC(=O)OC(C)(C)C. The van der Waals surface area contributed by atoms with Crippen LogP contribution >= 0.6 is 0 Å². The Morgan fingerprint density at radius 2 is 1.83 bits per heavy atom. The number of nitrogens with one attached hydrogen (secondary N) is 2. The molecule has 0 aromatic heterocycles. The second-order valence-electron chi connectivity index (χ2n) is 8.02. The third-order valence-corrected chi connectivity index (χ3v) is 4.59. The molecule has 0 aromatic carbocycles. The fourth-order valence-electron chi connectivity index (χ4n) is 2.95. The summed E-state index contributed by atoms with van der Waals surface area (Å²) in [6, 6.07) is -0.0896. The Hall–Kier alpha value is -1.30. The van der Waals surface area contributed by atoms with Gasteiger partial charge in [-0.05, 0) is 52.4 Å². The Morgan fingerprint density at radius 3 is 2.42 bits per heavy atom. The van der Waals surface area contributed by atoms with Crippen molar-refractivity contribution in [1.82, 2.24) is 10.6 Å². The molecule has 6 nitrogen and oxygen atoms in total. The molecule has 0 bridgehead atoms. The van der Waals surface area contributed by atoms with Crippen LogP contribution in [-0.4, -0.2) is 41.4 Å². The van der Waals surface area contributed by atoms with Crippen molar-refractivity contribution in [3.8, 4) is 0 Å². The number of aliphatic hydroxyl groups is 1. The van der Waals surface area contributed by atoms with Gasteiger partial charge < -0.3 is 20.5 Å². The highest BCUT2D eigenvalue weighted by Crippen LogP contribution is 2.27. The molecule has 6 heteroatoms. The molecule has 0 spiro atoms. The van der Waals surface area contributed by atoms with Crippen LogP contribution in [0.4, 0.5) is 4.79 Å². The maximum atomic E-state index is 12.3. The minimum absolute atomic E-state index is 0.0225. The maximum Gasteiger partial charge on any atom is 0.407 e. The first kappa shape index (κ1) is 20.7. The minimum Gasteiger partial charge on any atom is -0.444 e. The number of rotatable bonds is 6. The van der Waals surface area contributed by atoms with Crippen LogP contribution < -0.4 is 10.6 Å². The fraction of sp³-hybridized carbons (Fsp3) is 0.889. The predicted molar refractivity (Wildman–Crippen MR) is 93.6 cm³/mol. The molecule has 0 aromatic rings. The molecular formula is C18H34N2O4. The minimum atomic E-state index is -0.526. The average Bonchev–Trinajstić information content (AvgIpc) is 2.46. The number of hydrogen-bond donors (Lipinski definition) is 3. The highest BCUT2D eigenvalue weighted by atomic mass is 16.6. The molecule has 0 unspecified atom stereocenters. The highest BCUT2D eigenvalue weighted by molar-refractivity contribution is 5.76. The molecule has 140 valence electrons. The van der Waals surface area contributed by atoms with Crippen molar-refractivity contribution < 1.29 is 19.4 Å². The first-order chi connectivity index (χ1) is 11.1. The molecule has 2 amide bonds. The number of carbonyl (C=O) groups excluding carboxylic acids is 2. The van der Waals surface area contributed by atoms with Crippen LogP contribution in [-0.2, 0) is 9.53 Å². The summed E-state index contributed by atoms with van der Waals surface area (Å²) >= 11 is 0. The van der Waals surface area contributed by atoms with Crippen LogP contribution in [0.15, 0.2) is 0 Å². The summed E-state index contributed by atoms with van der Waals surface area (Å²) in [4.78, 5) is 24.3. The van der Waals surface area contributed by atoms with Crippen LogP contribution in [0.2, 0.25) is 0 Å². The summed E-state index contributed by atoms with van der Waals surface area (Å²) in [6.07, 6.45) is 3.91. The summed E-state index contributed by atoms with van der Waals surface area (Å²) in [6.45, 7) is 9.36. The Balaban J connectivity index is 2.54. The molecule has 0 radical (unpaired) electrons. The molecule has 0 aliphatic heterocycles.